The molecular weight excluding hydrogens is 282 g/mol. The number of methoxy groups -OCH3 is 3. The van der Waals surface area contributed by atoms with Crippen molar-refractivity contribution in [2.45, 2.75) is 6.92 Å². The monoisotopic (exact) mass is 301 g/mol. The first kappa shape index (κ1) is 15.7. The zero-order valence-corrected chi connectivity index (χ0v) is 13.1. The first-order valence-corrected chi connectivity index (χ1v) is 6.77. The van der Waals surface area contributed by atoms with E-state index in [2.05, 4.69) is 5.32 Å². The van der Waals surface area contributed by atoms with Gasteiger partial charge in [0.1, 0.15) is 17.2 Å². The van der Waals surface area contributed by atoms with Crippen LogP contribution >= 0.6 is 0 Å². The number of anilines is 1. The number of rotatable bonds is 5. The summed E-state index contributed by atoms with van der Waals surface area (Å²) in [5.74, 6) is 1.74. The highest BCUT2D eigenvalue weighted by atomic mass is 16.5. The van der Waals surface area contributed by atoms with E-state index in [9.17, 15) is 4.79 Å². The number of ether oxygens (including phenoxy) is 3. The molecule has 0 aromatic heterocycles. The summed E-state index contributed by atoms with van der Waals surface area (Å²) < 4.78 is 15.6. The van der Waals surface area contributed by atoms with Gasteiger partial charge in [0, 0.05) is 11.6 Å². The molecule has 22 heavy (non-hydrogen) atoms. The zero-order chi connectivity index (χ0) is 16.1. The Kier molecular flexibility index (Phi) is 4.88. The smallest absolute Gasteiger partial charge is 0.255 e. The molecule has 0 aliphatic heterocycles. The lowest BCUT2D eigenvalue weighted by Gasteiger charge is -2.12. The molecule has 0 spiro atoms. The molecule has 0 aliphatic carbocycles. The molecular formula is C17H19NO4. The number of nitrogens with one attached hydrogen (secondary N) is 1. The van der Waals surface area contributed by atoms with Gasteiger partial charge in [0.15, 0.2) is 0 Å². The molecule has 0 radical (unpaired) electrons. The van der Waals surface area contributed by atoms with Crippen LogP contribution in [0.4, 0.5) is 5.69 Å². The Morgan fingerprint density at radius 3 is 2.23 bits per heavy atom. The molecule has 0 fully saturated rings. The lowest BCUT2D eigenvalue weighted by molar-refractivity contribution is 0.102. The topological polar surface area (TPSA) is 56.8 Å². The number of hydrogen-bond donors (Lipinski definition) is 1. The molecule has 5 heteroatoms. The van der Waals surface area contributed by atoms with Crippen LogP contribution in [-0.2, 0) is 0 Å². The van der Waals surface area contributed by atoms with Crippen molar-refractivity contribution in [3.63, 3.8) is 0 Å². The first-order chi connectivity index (χ1) is 10.6. The van der Waals surface area contributed by atoms with E-state index in [4.69, 9.17) is 14.2 Å². The fraction of sp³-hybridized carbons (Fsp3) is 0.235. The van der Waals surface area contributed by atoms with E-state index < -0.39 is 0 Å². The molecule has 2 aromatic rings. The average Bonchev–Trinajstić information content (AvgIpc) is 2.55. The van der Waals surface area contributed by atoms with Gasteiger partial charge in [0.25, 0.3) is 5.91 Å². The number of amides is 1. The van der Waals surface area contributed by atoms with Gasteiger partial charge in [-0.15, -0.1) is 0 Å². The Morgan fingerprint density at radius 2 is 1.64 bits per heavy atom. The second kappa shape index (κ2) is 6.85. The van der Waals surface area contributed by atoms with Crippen molar-refractivity contribution in [3.8, 4) is 17.2 Å². The van der Waals surface area contributed by atoms with Crippen LogP contribution in [0, 0.1) is 6.92 Å². The number of carbonyl (C=O) groups is 1. The van der Waals surface area contributed by atoms with Crippen molar-refractivity contribution < 1.29 is 19.0 Å². The first-order valence-electron chi connectivity index (χ1n) is 6.77. The summed E-state index contributed by atoms with van der Waals surface area (Å²) in [6, 6.07) is 10.5. The maximum atomic E-state index is 12.3. The number of aryl methyl sites for hydroxylation is 1. The van der Waals surface area contributed by atoms with E-state index in [0.717, 1.165) is 11.3 Å². The third kappa shape index (κ3) is 3.31. The summed E-state index contributed by atoms with van der Waals surface area (Å²) in [5, 5.41) is 2.83. The Labute approximate surface area is 129 Å². The van der Waals surface area contributed by atoms with Crippen molar-refractivity contribution in [1.29, 1.82) is 0 Å². The quantitative estimate of drug-likeness (QED) is 0.921. The highest BCUT2D eigenvalue weighted by molar-refractivity contribution is 6.05. The van der Waals surface area contributed by atoms with Gasteiger partial charge in [-0.2, -0.15) is 0 Å². The van der Waals surface area contributed by atoms with Gasteiger partial charge in [-0.3, -0.25) is 4.79 Å². The fourth-order valence-corrected chi connectivity index (χ4v) is 2.12. The van der Waals surface area contributed by atoms with Crippen molar-refractivity contribution in [1.82, 2.24) is 0 Å². The van der Waals surface area contributed by atoms with Gasteiger partial charge in [-0.05, 0) is 42.8 Å². The molecule has 0 saturated heterocycles. The third-order valence-corrected chi connectivity index (χ3v) is 3.31. The predicted octanol–water partition coefficient (Wildman–Crippen LogP) is 3.27. The molecule has 0 atom stereocenters. The molecule has 0 heterocycles. The van der Waals surface area contributed by atoms with Crippen LogP contribution < -0.4 is 19.5 Å². The van der Waals surface area contributed by atoms with Crippen LogP contribution in [0.5, 0.6) is 17.2 Å². The van der Waals surface area contributed by atoms with E-state index >= 15 is 0 Å². The average molecular weight is 301 g/mol. The second-order valence-electron chi connectivity index (χ2n) is 4.70. The Bertz CT molecular complexity index is 682. The van der Waals surface area contributed by atoms with Crippen LogP contribution in [0.15, 0.2) is 36.4 Å². The standard InChI is InChI=1S/C17H19NO4/c1-11-9-12(5-8-15(11)21-3)17(19)18-14-7-6-13(20-2)10-16(14)22-4/h5-10H,1-4H3,(H,18,19). The molecule has 1 N–H and O–H groups in total. The van der Waals surface area contributed by atoms with Gasteiger partial charge < -0.3 is 19.5 Å². The van der Waals surface area contributed by atoms with E-state index in [1.165, 1.54) is 0 Å². The fourth-order valence-electron chi connectivity index (χ4n) is 2.12. The minimum Gasteiger partial charge on any atom is -0.497 e. The largest absolute Gasteiger partial charge is 0.497 e. The Morgan fingerprint density at radius 1 is 0.909 bits per heavy atom. The lowest BCUT2D eigenvalue weighted by Crippen LogP contribution is -2.13. The van der Waals surface area contributed by atoms with Crippen LogP contribution in [0.25, 0.3) is 0 Å². The van der Waals surface area contributed by atoms with Crippen LogP contribution in [0.3, 0.4) is 0 Å². The van der Waals surface area contributed by atoms with Crippen molar-refractivity contribution >= 4 is 11.6 Å². The zero-order valence-electron chi connectivity index (χ0n) is 13.1. The van der Waals surface area contributed by atoms with E-state index in [-0.39, 0.29) is 5.91 Å². The molecule has 2 rings (SSSR count). The van der Waals surface area contributed by atoms with Crippen molar-refractivity contribution in [3.05, 3.63) is 47.5 Å². The highest BCUT2D eigenvalue weighted by Crippen LogP contribution is 2.29. The maximum absolute atomic E-state index is 12.3. The predicted molar refractivity (Wildman–Crippen MR) is 85.2 cm³/mol. The normalized spacial score (nSPS) is 10.0. The summed E-state index contributed by atoms with van der Waals surface area (Å²) in [7, 11) is 4.72. The molecule has 0 unspecified atom stereocenters. The van der Waals surface area contributed by atoms with Gasteiger partial charge >= 0.3 is 0 Å². The number of benzene rings is 2. The molecule has 0 bridgehead atoms. The molecule has 5 nitrogen and oxygen atoms in total. The van der Waals surface area contributed by atoms with Crippen LogP contribution in [0.2, 0.25) is 0 Å². The molecule has 1 amide bonds. The van der Waals surface area contributed by atoms with Gasteiger partial charge in [0.05, 0.1) is 27.0 Å². The second-order valence-corrected chi connectivity index (χ2v) is 4.70. The van der Waals surface area contributed by atoms with Crippen LogP contribution in [-0.4, -0.2) is 27.2 Å². The summed E-state index contributed by atoms with van der Waals surface area (Å²) >= 11 is 0. The Balaban J connectivity index is 2.23. The minimum atomic E-state index is -0.214. The Hall–Kier alpha value is -2.69. The number of hydrogen-bond acceptors (Lipinski definition) is 4. The molecule has 0 saturated carbocycles. The summed E-state index contributed by atoms with van der Waals surface area (Å²) in [6.07, 6.45) is 0. The number of carbonyl (C=O) groups excluding carboxylic acids is 1. The molecule has 116 valence electrons. The van der Waals surface area contributed by atoms with Gasteiger partial charge in [0.2, 0.25) is 0 Å². The summed E-state index contributed by atoms with van der Waals surface area (Å²) in [6.45, 7) is 1.89. The summed E-state index contributed by atoms with van der Waals surface area (Å²) in [4.78, 5) is 12.3. The van der Waals surface area contributed by atoms with E-state index in [1.807, 2.05) is 6.92 Å². The van der Waals surface area contributed by atoms with E-state index in [1.54, 1.807) is 57.7 Å². The maximum Gasteiger partial charge on any atom is 0.255 e. The SMILES string of the molecule is COc1ccc(NC(=O)c2ccc(OC)c(C)c2)c(OC)c1. The summed E-state index contributed by atoms with van der Waals surface area (Å²) in [5.41, 5.74) is 2.04. The molecule has 0 aliphatic rings. The van der Waals surface area contributed by atoms with Crippen molar-refractivity contribution in [2.24, 2.45) is 0 Å². The van der Waals surface area contributed by atoms with Crippen LogP contribution in [0.1, 0.15) is 15.9 Å². The lowest BCUT2D eigenvalue weighted by atomic mass is 10.1. The third-order valence-electron chi connectivity index (χ3n) is 3.31. The van der Waals surface area contributed by atoms with Gasteiger partial charge in [-0.25, -0.2) is 0 Å². The van der Waals surface area contributed by atoms with Crippen molar-refractivity contribution in [2.75, 3.05) is 26.6 Å². The molecule has 2 aromatic carbocycles. The van der Waals surface area contributed by atoms with Gasteiger partial charge in [-0.1, -0.05) is 0 Å². The van der Waals surface area contributed by atoms with E-state index in [0.29, 0.717) is 22.7 Å². The highest BCUT2D eigenvalue weighted by Gasteiger charge is 2.12. The minimum absolute atomic E-state index is 0.214.